The average molecular weight is 136 g/mol. The zero-order valence-corrected chi connectivity index (χ0v) is 6.20. The van der Waals surface area contributed by atoms with Crippen LogP contribution in [0.15, 0.2) is 0 Å². The predicted molar refractivity (Wildman–Crippen MR) is 20.4 cm³/mol. The quantitative estimate of drug-likeness (QED) is 0.268. The zero-order chi connectivity index (χ0) is 4.50. The van der Waals surface area contributed by atoms with Crippen molar-refractivity contribution in [3.8, 4) is 0 Å². The van der Waals surface area contributed by atoms with Crippen molar-refractivity contribution < 1.29 is 19.2 Å². The minimum Gasteiger partial charge on any atom is -0.368 e. The smallest absolute Gasteiger partial charge is 0.368 e. The molecule has 0 amide bonds. The molecule has 0 fully saturated rings. The van der Waals surface area contributed by atoms with Crippen molar-refractivity contribution in [2.45, 2.75) is 0 Å². The molecule has 34 valence electrons. The Balaban J connectivity index is 0. The van der Waals surface area contributed by atoms with Crippen molar-refractivity contribution >= 4 is 46.8 Å². The van der Waals surface area contributed by atoms with E-state index in [0.717, 1.165) is 0 Å². The first kappa shape index (κ1) is 10.3. The Bertz CT molecular complexity index is 23.0. The first-order valence-electron chi connectivity index (χ1n) is 0.894. The Kier molecular flexibility index (Phi) is 5.74. The number of hydrogen-bond donors (Lipinski definition) is 4. The van der Waals surface area contributed by atoms with Gasteiger partial charge in [0.15, 0.2) is 0 Å². The van der Waals surface area contributed by atoms with Crippen molar-refractivity contribution in [3.63, 3.8) is 0 Å². The second-order valence-corrected chi connectivity index (χ2v) is 1.80. The number of hydrogen-bond acceptors (Lipinski definition) is 4. The van der Waals surface area contributed by atoms with Crippen molar-refractivity contribution in [2.24, 2.45) is 0 Å². The van der Waals surface area contributed by atoms with E-state index in [1.807, 2.05) is 0 Å². The Hall–Kier alpha value is 1.32. The van der Waals surface area contributed by atoms with Gasteiger partial charge in [-0.2, -0.15) is 0 Å². The van der Waals surface area contributed by atoms with E-state index < -0.39 is 9.05 Å². The summed E-state index contributed by atoms with van der Waals surface area (Å²) < 4.78 is 0. The predicted octanol–water partition coefficient (Wildman–Crippen LogP) is -2.99. The Morgan fingerprint density at radius 1 is 0.833 bits per heavy atom. The Morgan fingerprint density at radius 3 is 0.833 bits per heavy atom. The molecule has 0 aliphatic carbocycles. The molecule has 0 aromatic carbocycles. The fourth-order valence-electron chi connectivity index (χ4n) is 0. The molecule has 4 nitrogen and oxygen atoms in total. The fraction of sp³-hybridized carbons (Fsp3) is 0. The summed E-state index contributed by atoms with van der Waals surface area (Å²) in [6.45, 7) is 0. The van der Waals surface area contributed by atoms with Gasteiger partial charge in [0.25, 0.3) is 0 Å². The minimum atomic E-state index is -4.61. The summed E-state index contributed by atoms with van der Waals surface area (Å²) in [5.41, 5.74) is 0. The van der Waals surface area contributed by atoms with Gasteiger partial charge in [0, 0.05) is 37.7 Å². The van der Waals surface area contributed by atoms with Gasteiger partial charge in [-0.05, 0) is 0 Å². The molecule has 0 heterocycles. The molecule has 2 radical (unpaired) electrons. The summed E-state index contributed by atoms with van der Waals surface area (Å²) in [5.74, 6) is 0. The normalized spacial score (nSPS) is 10.0. The zero-order valence-electron chi connectivity index (χ0n) is 3.00. The van der Waals surface area contributed by atoms with E-state index in [1.165, 1.54) is 0 Å². The van der Waals surface area contributed by atoms with Crippen LogP contribution >= 0.6 is 0 Å². The van der Waals surface area contributed by atoms with E-state index in [4.69, 9.17) is 19.2 Å². The third-order valence-electron chi connectivity index (χ3n) is 0. The molecule has 0 atom stereocenters. The van der Waals surface area contributed by atoms with Crippen LogP contribution in [0.5, 0.6) is 0 Å². The second kappa shape index (κ2) is 3.34. The van der Waals surface area contributed by atoms with Gasteiger partial charge in [0.2, 0.25) is 0 Å². The molecule has 0 aromatic heterocycles. The van der Waals surface area contributed by atoms with Crippen LogP contribution in [0.25, 0.3) is 0 Å². The maximum absolute atomic E-state index is 7.33. The number of rotatable bonds is 0. The van der Waals surface area contributed by atoms with Crippen molar-refractivity contribution in [3.05, 3.63) is 0 Å². The Labute approximate surface area is 65.5 Å². The van der Waals surface area contributed by atoms with Crippen molar-refractivity contribution in [1.82, 2.24) is 0 Å². The van der Waals surface area contributed by atoms with Crippen LogP contribution in [0.1, 0.15) is 0 Å². The molecular formula is H4CaO4Si. The maximum atomic E-state index is 7.33. The van der Waals surface area contributed by atoms with Gasteiger partial charge in [-0.1, -0.05) is 0 Å². The summed E-state index contributed by atoms with van der Waals surface area (Å²) in [5, 5.41) is 0. The first-order valence-corrected chi connectivity index (χ1v) is 2.68. The first-order chi connectivity index (χ1) is 2.00. The summed E-state index contributed by atoms with van der Waals surface area (Å²) in [7, 11) is -4.61. The van der Waals surface area contributed by atoms with Gasteiger partial charge in [-0.15, -0.1) is 0 Å². The van der Waals surface area contributed by atoms with Crippen molar-refractivity contribution in [2.75, 3.05) is 0 Å². The second-order valence-electron chi connectivity index (χ2n) is 0.600. The molecule has 6 heavy (non-hydrogen) atoms. The third kappa shape index (κ3) is 57.1. The van der Waals surface area contributed by atoms with Crippen LogP contribution in [0.4, 0.5) is 0 Å². The fourth-order valence-corrected chi connectivity index (χ4v) is 0. The van der Waals surface area contributed by atoms with E-state index in [1.54, 1.807) is 0 Å². The van der Waals surface area contributed by atoms with Gasteiger partial charge in [0.05, 0.1) is 0 Å². The molecule has 0 bridgehead atoms. The standard InChI is InChI=1S/Ca.H4O4Si/c;1-5(2,3)4/h;1-4H. The molecular weight excluding hydrogens is 132 g/mol. The third-order valence-corrected chi connectivity index (χ3v) is 0. The molecule has 0 spiro atoms. The van der Waals surface area contributed by atoms with Crippen LogP contribution < -0.4 is 0 Å². The molecule has 0 aliphatic heterocycles. The minimum absolute atomic E-state index is 0. The summed E-state index contributed by atoms with van der Waals surface area (Å²) >= 11 is 0. The molecule has 0 aliphatic rings. The van der Waals surface area contributed by atoms with E-state index in [2.05, 4.69) is 0 Å². The monoisotopic (exact) mass is 136 g/mol. The van der Waals surface area contributed by atoms with Crippen LogP contribution in [0, 0.1) is 0 Å². The largest absolute Gasteiger partial charge is 0.668 e. The summed E-state index contributed by atoms with van der Waals surface area (Å²) in [6, 6.07) is 0. The molecule has 0 saturated heterocycles. The van der Waals surface area contributed by atoms with Gasteiger partial charge in [-0.25, -0.2) is 0 Å². The SMILES string of the molecule is O[Si](O)(O)O.[Ca]. The van der Waals surface area contributed by atoms with Gasteiger partial charge in [-0.3, -0.25) is 0 Å². The van der Waals surface area contributed by atoms with E-state index in [-0.39, 0.29) is 37.7 Å². The molecule has 0 aromatic rings. The van der Waals surface area contributed by atoms with E-state index >= 15 is 0 Å². The van der Waals surface area contributed by atoms with Crippen LogP contribution in [-0.2, 0) is 0 Å². The maximum Gasteiger partial charge on any atom is 0.668 e. The molecule has 6 heteroatoms. The van der Waals surface area contributed by atoms with Crippen molar-refractivity contribution in [1.29, 1.82) is 0 Å². The Morgan fingerprint density at radius 2 is 0.833 bits per heavy atom. The summed E-state index contributed by atoms with van der Waals surface area (Å²) in [4.78, 5) is 29.3. The topological polar surface area (TPSA) is 80.9 Å². The molecule has 0 unspecified atom stereocenters. The molecule has 0 saturated carbocycles. The van der Waals surface area contributed by atoms with E-state index in [0.29, 0.717) is 0 Å². The summed E-state index contributed by atoms with van der Waals surface area (Å²) in [6.07, 6.45) is 0. The van der Waals surface area contributed by atoms with Gasteiger partial charge < -0.3 is 19.2 Å². The molecule has 0 rings (SSSR count). The van der Waals surface area contributed by atoms with Crippen LogP contribution in [-0.4, -0.2) is 66.0 Å². The van der Waals surface area contributed by atoms with Gasteiger partial charge >= 0.3 is 9.05 Å². The van der Waals surface area contributed by atoms with E-state index in [9.17, 15) is 0 Å². The van der Waals surface area contributed by atoms with Crippen LogP contribution in [0.2, 0.25) is 0 Å². The van der Waals surface area contributed by atoms with Gasteiger partial charge in [0.1, 0.15) is 0 Å². The average Bonchev–Trinajstić information content (AvgIpc) is 0.722. The molecule has 4 N–H and O–H groups in total. The van der Waals surface area contributed by atoms with Crippen LogP contribution in [0.3, 0.4) is 0 Å².